The number of halogens is 1. The molecule has 1 aromatic rings. The molecule has 0 saturated heterocycles. The lowest BCUT2D eigenvalue weighted by Crippen LogP contribution is -2.42. The van der Waals surface area contributed by atoms with E-state index in [2.05, 4.69) is 34.8 Å². The fourth-order valence-corrected chi connectivity index (χ4v) is 3.22. The van der Waals surface area contributed by atoms with Crippen molar-refractivity contribution in [1.82, 2.24) is 5.32 Å². The summed E-state index contributed by atoms with van der Waals surface area (Å²) in [4.78, 5) is 23.8. The van der Waals surface area contributed by atoms with E-state index in [0.717, 1.165) is 22.8 Å². The second-order valence-corrected chi connectivity index (χ2v) is 6.65. The van der Waals surface area contributed by atoms with Crippen molar-refractivity contribution in [1.29, 1.82) is 0 Å². The molecule has 1 aliphatic rings. The molecular weight excluding hydrogens is 381 g/mol. The predicted molar refractivity (Wildman–Crippen MR) is 89.0 cm³/mol. The highest BCUT2D eigenvalue weighted by molar-refractivity contribution is 14.1. The Hall–Kier alpha value is -1.11. The van der Waals surface area contributed by atoms with E-state index in [0.29, 0.717) is 11.5 Å². The van der Waals surface area contributed by atoms with Crippen LogP contribution in [0.4, 0.5) is 0 Å². The van der Waals surface area contributed by atoms with E-state index in [-0.39, 0.29) is 18.6 Å². The summed E-state index contributed by atoms with van der Waals surface area (Å²) in [7, 11) is 0. The summed E-state index contributed by atoms with van der Waals surface area (Å²) in [5.74, 6) is -0.173. The van der Waals surface area contributed by atoms with E-state index in [4.69, 9.17) is 4.74 Å². The zero-order chi connectivity index (χ0) is 15.2. The molecule has 1 aromatic carbocycles. The summed E-state index contributed by atoms with van der Waals surface area (Å²) in [6.07, 6.45) is 4.54. The van der Waals surface area contributed by atoms with Crippen molar-refractivity contribution in [3.05, 3.63) is 33.4 Å². The Labute approximate surface area is 138 Å². The van der Waals surface area contributed by atoms with E-state index in [1.54, 1.807) is 12.1 Å². The first-order valence-electron chi connectivity index (χ1n) is 7.29. The number of amides is 1. The minimum absolute atomic E-state index is 0.210. The molecule has 114 valence electrons. The average Bonchev–Trinajstić information content (AvgIpc) is 2.48. The van der Waals surface area contributed by atoms with Gasteiger partial charge >= 0.3 is 5.97 Å². The Morgan fingerprint density at radius 3 is 2.71 bits per heavy atom. The highest BCUT2D eigenvalue weighted by Crippen LogP contribution is 2.23. The first kappa shape index (κ1) is 16.3. The van der Waals surface area contributed by atoms with Gasteiger partial charge in [-0.15, -0.1) is 0 Å². The molecule has 2 rings (SSSR count). The number of hydrogen-bond donors (Lipinski definition) is 1. The number of carbonyl (C=O) groups is 2. The van der Waals surface area contributed by atoms with Crippen molar-refractivity contribution >= 4 is 34.5 Å². The molecule has 2 atom stereocenters. The zero-order valence-electron chi connectivity index (χ0n) is 12.1. The molecule has 4 nitrogen and oxygen atoms in total. The molecule has 1 amide bonds. The van der Waals surface area contributed by atoms with Gasteiger partial charge in [-0.3, -0.25) is 4.79 Å². The van der Waals surface area contributed by atoms with Gasteiger partial charge in [0.2, 0.25) is 0 Å². The molecule has 0 radical (unpaired) electrons. The van der Waals surface area contributed by atoms with E-state index in [9.17, 15) is 9.59 Å². The fraction of sp³-hybridized carbons (Fsp3) is 0.500. The van der Waals surface area contributed by atoms with Gasteiger partial charge in [0, 0.05) is 9.61 Å². The highest BCUT2D eigenvalue weighted by Gasteiger charge is 2.23. The molecule has 5 heteroatoms. The van der Waals surface area contributed by atoms with Crippen LogP contribution in [0.1, 0.15) is 43.0 Å². The molecule has 0 unspecified atom stereocenters. The Morgan fingerprint density at radius 1 is 1.29 bits per heavy atom. The summed E-state index contributed by atoms with van der Waals surface area (Å²) >= 11 is 2.08. The number of rotatable bonds is 4. The molecule has 0 heterocycles. The van der Waals surface area contributed by atoms with E-state index >= 15 is 0 Å². The van der Waals surface area contributed by atoms with Crippen molar-refractivity contribution < 1.29 is 14.3 Å². The quantitative estimate of drug-likeness (QED) is 0.623. The predicted octanol–water partition coefficient (Wildman–Crippen LogP) is 3.14. The summed E-state index contributed by atoms with van der Waals surface area (Å²) in [6.45, 7) is 1.94. The zero-order valence-corrected chi connectivity index (χ0v) is 14.3. The lowest BCUT2D eigenvalue weighted by molar-refractivity contribution is -0.125. The van der Waals surface area contributed by atoms with Crippen LogP contribution in [0.5, 0.6) is 0 Å². The van der Waals surface area contributed by atoms with Crippen molar-refractivity contribution in [2.75, 3.05) is 6.61 Å². The van der Waals surface area contributed by atoms with E-state index in [1.165, 1.54) is 6.42 Å². The van der Waals surface area contributed by atoms with Gasteiger partial charge in [-0.25, -0.2) is 4.79 Å². The Balaban J connectivity index is 1.81. The molecular formula is C16H20INO3. The third-order valence-corrected chi connectivity index (χ3v) is 4.83. The van der Waals surface area contributed by atoms with Crippen LogP contribution in [0, 0.1) is 9.49 Å². The van der Waals surface area contributed by atoms with Crippen molar-refractivity contribution in [2.45, 2.75) is 38.6 Å². The lowest BCUT2D eigenvalue weighted by Gasteiger charge is -2.29. The Bertz CT molecular complexity index is 518. The molecule has 1 fully saturated rings. The van der Waals surface area contributed by atoms with Crippen LogP contribution in [0.3, 0.4) is 0 Å². The molecule has 21 heavy (non-hydrogen) atoms. The first-order valence-corrected chi connectivity index (χ1v) is 8.37. The first-order chi connectivity index (χ1) is 10.1. The average molecular weight is 401 g/mol. The third kappa shape index (κ3) is 4.69. The second-order valence-electron chi connectivity index (χ2n) is 5.49. The third-order valence-electron chi connectivity index (χ3n) is 3.89. The van der Waals surface area contributed by atoms with Gasteiger partial charge in [0.15, 0.2) is 6.61 Å². The van der Waals surface area contributed by atoms with Crippen molar-refractivity contribution in [2.24, 2.45) is 5.92 Å². The highest BCUT2D eigenvalue weighted by atomic mass is 127. The molecule has 0 spiro atoms. The van der Waals surface area contributed by atoms with Gasteiger partial charge in [-0.1, -0.05) is 31.9 Å². The molecule has 1 saturated carbocycles. The van der Waals surface area contributed by atoms with Crippen molar-refractivity contribution in [3.8, 4) is 0 Å². The number of hydrogen-bond acceptors (Lipinski definition) is 3. The van der Waals surface area contributed by atoms with E-state index < -0.39 is 5.97 Å². The van der Waals surface area contributed by atoms with Crippen LogP contribution in [-0.2, 0) is 9.53 Å². The number of ether oxygens (including phenoxy) is 1. The molecule has 0 aliphatic heterocycles. The molecule has 0 bridgehead atoms. The monoisotopic (exact) mass is 401 g/mol. The number of carbonyl (C=O) groups excluding carboxylic acids is 2. The largest absolute Gasteiger partial charge is 0.452 e. The van der Waals surface area contributed by atoms with Gasteiger partial charge in [-0.05, 0) is 53.5 Å². The standard InChI is InChI=1S/C16H20INO3/c1-11-6-2-5-9-14(11)18-15(19)10-21-16(20)12-7-3-4-8-13(12)17/h3-4,7-8,11,14H,2,5-6,9-10H2,1H3,(H,18,19)/t11-,14-/m0/s1. The second kappa shape index (κ2) is 7.77. The molecule has 0 aromatic heterocycles. The SMILES string of the molecule is C[C@H]1CCCC[C@@H]1NC(=O)COC(=O)c1ccccc1I. The van der Waals surface area contributed by atoms with Crippen LogP contribution >= 0.6 is 22.6 Å². The van der Waals surface area contributed by atoms with E-state index in [1.807, 2.05) is 12.1 Å². The normalized spacial score (nSPS) is 21.6. The summed E-state index contributed by atoms with van der Waals surface area (Å²) in [6, 6.07) is 7.38. The van der Waals surface area contributed by atoms with Gasteiger partial charge in [0.25, 0.3) is 5.91 Å². The van der Waals surface area contributed by atoms with Crippen molar-refractivity contribution in [3.63, 3.8) is 0 Å². The number of nitrogens with one attached hydrogen (secondary N) is 1. The molecule has 1 aliphatic carbocycles. The molecule has 1 N–H and O–H groups in total. The summed E-state index contributed by atoms with van der Waals surface area (Å²) in [5.41, 5.74) is 0.497. The topological polar surface area (TPSA) is 55.4 Å². The maximum atomic E-state index is 11.9. The summed E-state index contributed by atoms with van der Waals surface area (Å²) < 4.78 is 5.91. The maximum Gasteiger partial charge on any atom is 0.339 e. The maximum absolute atomic E-state index is 11.9. The van der Waals surface area contributed by atoms with Gasteiger partial charge in [0.05, 0.1) is 5.56 Å². The minimum atomic E-state index is -0.452. The van der Waals surface area contributed by atoms with Crippen LogP contribution in [0.15, 0.2) is 24.3 Å². The summed E-state index contributed by atoms with van der Waals surface area (Å²) in [5, 5.41) is 2.97. The minimum Gasteiger partial charge on any atom is -0.452 e. The Morgan fingerprint density at radius 2 is 2.00 bits per heavy atom. The Kier molecular flexibility index (Phi) is 6.02. The van der Waals surface area contributed by atoms with Crippen LogP contribution in [0.25, 0.3) is 0 Å². The van der Waals surface area contributed by atoms with Crippen LogP contribution < -0.4 is 5.32 Å². The number of benzene rings is 1. The number of esters is 1. The fourth-order valence-electron chi connectivity index (χ4n) is 2.61. The van der Waals surface area contributed by atoms with Crippen LogP contribution in [0.2, 0.25) is 0 Å². The van der Waals surface area contributed by atoms with Gasteiger partial charge in [-0.2, -0.15) is 0 Å². The van der Waals surface area contributed by atoms with Gasteiger partial charge in [0.1, 0.15) is 0 Å². The van der Waals surface area contributed by atoms with Crippen LogP contribution in [-0.4, -0.2) is 24.5 Å². The van der Waals surface area contributed by atoms with Gasteiger partial charge < -0.3 is 10.1 Å². The lowest BCUT2D eigenvalue weighted by atomic mass is 9.86. The smallest absolute Gasteiger partial charge is 0.339 e.